The van der Waals surface area contributed by atoms with Crippen molar-refractivity contribution in [3.8, 4) is 17.6 Å². The fourth-order valence-corrected chi connectivity index (χ4v) is 3.83. The van der Waals surface area contributed by atoms with Crippen LogP contribution in [0.3, 0.4) is 0 Å². The van der Waals surface area contributed by atoms with Crippen molar-refractivity contribution < 1.29 is 27.1 Å². The largest absolute Gasteiger partial charge is 0.493 e. The summed E-state index contributed by atoms with van der Waals surface area (Å²) in [7, 11) is -2.79. The normalized spacial score (nSPS) is 11.3. The van der Waals surface area contributed by atoms with E-state index in [1.807, 2.05) is 6.92 Å². The van der Waals surface area contributed by atoms with E-state index in [1.165, 1.54) is 67.8 Å². The average Bonchev–Trinajstić information content (AvgIpc) is 2.83. The standard InChI is InChI=1S/C24H19N3O7S/c1-16-3-10-21(11-4-16)35(31,32)34-22-12-5-17(14-23(22)33-2)13-18(15-25)24(28)26-19-6-8-20(9-7-19)27(29)30/h3-14H,1-2H3,(H,26,28). The predicted octanol–water partition coefficient (Wildman–Crippen LogP) is 4.23. The van der Waals surface area contributed by atoms with Gasteiger partial charge < -0.3 is 14.2 Å². The van der Waals surface area contributed by atoms with Gasteiger partial charge in [-0.2, -0.15) is 13.7 Å². The molecule has 10 nitrogen and oxygen atoms in total. The fraction of sp³-hybridized carbons (Fsp3) is 0.0833. The third kappa shape index (κ3) is 6.21. The Morgan fingerprint density at radius 2 is 1.71 bits per heavy atom. The molecule has 0 saturated carbocycles. The van der Waals surface area contributed by atoms with E-state index in [2.05, 4.69) is 5.32 Å². The van der Waals surface area contributed by atoms with Crippen molar-refractivity contribution in [2.75, 3.05) is 12.4 Å². The van der Waals surface area contributed by atoms with Gasteiger partial charge in [0.1, 0.15) is 16.5 Å². The van der Waals surface area contributed by atoms with Crippen LogP contribution in [0.5, 0.6) is 11.5 Å². The Labute approximate surface area is 201 Å². The van der Waals surface area contributed by atoms with Gasteiger partial charge in [0, 0.05) is 17.8 Å². The molecule has 0 bridgehead atoms. The van der Waals surface area contributed by atoms with Crippen molar-refractivity contribution in [2.24, 2.45) is 0 Å². The lowest BCUT2D eigenvalue weighted by molar-refractivity contribution is -0.384. The van der Waals surface area contributed by atoms with Crippen molar-refractivity contribution in [3.05, 3.63) is 93.5 Å². The number of nitrogens with one attached hydrogen (secondary N) is 1. The Balaban J connectivity index is 1.81. The van der Waals surface area contributed by atoms with Crippen LogP contribution >= 0.6 is 0 Å². The van der Waals surface area contributed by atoms with Crippen molar-refractivity contribution in [2.45, 2.75) is 11.8 Å². The minimum absolute atomic E-state index is 0.0243. The molecule has 0 fully saturated rings. The maximum Gasteiger partial charge on any atom is 0.339 e. The highest BCUT2D eigenvalue weighted by Gasteiger charge is 2.19. The van der Waals surface area contributed by atoms with Gasteiger partial charge in [0.15, 0.2) is 11.5 Å². The van der Waals surface area contributed by atoms with Crippen molar-refractivity contribution in [3.63, 3.8) is 0 Å². The minimum Gasteiger partial charge on any atom is -0.493 e. The molecular formula is C24H19N3O7S. The molecule has 178 valence electrons. The smallest absolute Gasteiger partial charge is 0.339 e. The summed E-state index contributed by atoms with van der Waals surface area (Å²) in [5, 5.41) is 22.7. The van der Waals surface area contributed by atoms with Gasteiger partial charge in [0.2, 0.25) is 0 Å². The number of hydrogen-bond acceptors (Lipinski definition) is 8. The number of nitro benzene ring substituents is 1. The summed E-state index contributed by atoms with van der Waals surface area (Å²) in [4.78, 5) is 22.6. The molecule has 0 spiro atoms. The number of nitro groups is 1. The Bertz CT molecular complexity index is 1440. The molecule has 1 N–H and O–H groups in total. The number of amides is 1. The summed E-state index contributed by atoms with van der Waals surface area (Å²) >= 11 is 0. The van der Waals surface area contributed by atoms with E-state index in [-0.39, 0.29) is 33.3 Å². The maximum atomic E-state index is 12.6. The molecule has 0 aliphatic heterocycles. The summed E-state index contributed by atoms with van der Waals surface area (Å²) in [5.41, 5.74) is 1.13. The van der Waals surface area contributed by atoms with Crippen molar-refractivity contribution in [1.82, 2.24) is 0 Å². The number of carbonyl (C=O) groups is 1. The number of anilines is 1. The van der Waals surface area contributed by atoms with E-state index < -0.39 is 20.9 Å². The molecule has 0 heterocycles. The second-order valence-corrected chi connectivity index (χ2v) is 8.74. The van der Waals surface area contributed by atoms with Gasteiger partial charge >= 0.3 is 10.1 Å². The lowest BCUT2D eigenvalue weighted by Crippen LogP contribution is -2.13. The molecular weight excluding hydrogens is 474 g/mol. The molecule has 0 aliphatic rings. The van der Waals surface area contributed by atoms with Gasteiger partial charge in [0.25, 0.3) is 11.6 Å². The number of non-ortho nitro benzene ring substituents is 1. The molecule has 0 aromatic heterocycles. The van der Waals surface area contributed by atoms with E-state index in [0.717, 1.165) is 5.56 Å². The number of carbonyl (C=O) groups excluding carboxylic acids is 1. The lowest BCUT2D eigenvalue weighted by Gasteiger charge is -2.12. The zero-order valence-electron chi connectivity index (χ0n) is 18.6. The first-order chi connectivity index (χ1) is 16.6. The summed E-state index contributed by atoms with van der Waals surface area (Å²) in [6.07, 6.45) is 1.28. The number of nitriles is 1. The van der Waals surface area contributed by atoms with Crippen LogP contribution in [0.4, 0.5) is 11.4 Å². The quantitative estimate of drug-likeness (QED) is 0.161. The summed E-state index contributed by atoms with van der Waals surface area (Å²) in [6, 6.07) is 17.3. The minimum atomic E-state index is -4.11. The summed E-state index contributed by atoms with van der Waals surface area (Å²) in [6.45, 7) is 1.83. The molecule has 3 aromatic rings. The Hall–Kier alpha value is -4.69. The molecule has 0 radical (unpaired) electrons. The monoisotopic (exact) mass is 493 g/mol. The van der Waals surface area contributed by atoms with Gasteiger partial charge in [-0.15, -0.1) is 0 Å². The number of hydrogen-bond donors (Lipinski definition) is 1. The molecule has 0 unspecified atom stereocenters. The van der Waals surface area contributed by atoms with E-state index in [0.29, 0.717) is 5.56 Å². The predicted molar refractivity (Wildman–Crippen MR) is 127 cm³/mol. The van der Waals surface area contributed by atoms with Crippen molar-refractivity contribution >= 4 is 33.5 Å². The molecule has 11 heteroatoms. The summed E-state index contributed by atoms with van der Waals surface area (Å²) in [5.74, 6) is -0.732. The fourth-order valence-electron chi connectivity index (χ4n) is 2.89. The topological polar surface area (TPSA) is 149 Å². The molecule has 0 saturated heterocycles. The molecule has 0 atom stereocenters. The third-order valence-electron chi connectivity index (χ3n) is 4.71. The Morgan fingerprint density at radius 3 is 2.29 bits per heavy atom. The first-order valence-corrected chi connectivity index (χ1v) is 11.4. The second-order valence-electron chi connectivity index (χ2n) is 7.19. The first-order valence-electron chi connectivity index (χ1n) is 10.00. The number of benzene rings is 3. The average molecular weight is 493 g/mol. The number of ether oxygens (including phenoxy) is 1. The highest BCUT2D eigenvalue weighted by molar-refractivity contribution is 7.87. The van der Waals surface area contributed by atoms with E-state index in [1.54, 1.807) is 18.2 Å². The van der Waals surface area contributed by atoms with Crippen LogP contribution in [0.1, 0.15) is 11.1 Å². The van der Waals surface area contributed by atoms with Gasteiger partial charge in [-0.05, 0) is 55.0 Å². The number of methoxy groups -OCH3 is 1. The Kier molecular flexibility index (Phi) is 7.48. The van der Waals surface area contributed by atoms with E-state index in [4.69, 9.17) is 8.92 Å². The molecule has 3 aromatic carbocycles. The van der Waals surface area contributed by atoms with Crippen LogP contribution in [-0.4, -0.2) is 26.4 Å². The van der Waals surface area contributed by atoms with Gasteiger partial charge in [0.05, 0.1) is 12.0 Å². The van der Waals surface area contributed by atoms with Crippen LogP contribution in [0, 0.1) is 28.4 Å². The molecule has 3 rings (SSSR count). The van der Waals surface area contributed by atoms with Crippen LogP contribution in [0.2, 0.25) is 0 Å². The summed E-state index contributed by atoms with van der Waals surface area (Å²) < 4.78 is 35.6. The lowest BCUT2D eigenvalue weighted by atomic mass is 10.1. The number of rotatable bonds is 8. The van der Waals surface area contributed by atoms with Crippen LogP contribution in [0.25, 0.3) is 6.08 Å². The highest BCUT2D eigenvalue weighted by atomic mass is 32.2. The second kappa shape index (κ2) is 10.5. The highest BCUT2D eigenvalue weighted by Crippen LogP contribution is 2.31. The van der Waals surface area contributed by atoms with Gasteiger partial charge in [-0.1, -0.05) is 23.8 Å². The molecule has 1 amide bonds. The van der Waals surface area contributed by atoms with Gasteiger partial charge in [-0.25, -0.2) is 0 Å². The van der Waals surface area contributed by atoms with Crippen LogP contribution in [-0.2, 0) is 14.9 Å². The SMILES string of the molecule is COc1cc(C=C(C#N)C(=O)Nc2ccc([N+](=O)[O-])cc2)ccc1OS(=O)(=O)c1ccc(C)cc1. The van der Waals surface area contributed by atoms with E-state index in [9.17, 15) is 28.6 Å². The van der Waals surface area contributed by atoms with Crippen LogP contribution in [0.15, 0.2) is 77.2 Å². The van der Waals surface area contributed by atoms with Crippen molar-refractivity contribution in [1.29, 1.82) is 5.26 Å². The molecule has 0 aliphatic carbocycles. The molecule has 35 heavy (non-hydrogen) atoms. The maximum absolute atomic E-state index is 12.6. The zero-order valence-corrected chi connectivity index (χ0v) is 19.4. The number of nitrogens with zero attached hydrogens (tertiary/aromatic N) is 2. The Morgan fingerprint density at radius 1 is 1.06 bits per heavy atom. The van der Waals surface area contributed by atoms with Gasteiger partial charge in [-0.3, -0.25) is 14.9 Å². The number of aryl methyl sites for hydroxylation is 1. The zero-order chi connectivity index (χ0) is 25.6. The van der Waals surface area contributed by atoms with E-state index >= 15 is 0 Å². The first kappa shape index (κ1) is 24.9. The third-order valence-corrected chi connectivity index (χ3v) is 5.96. The van der Waals surface area contributed by atoms with Crippen LogP contribution < -0.4 is 14.2 Å².